The second-order valence-electron chi connectivity index (χ2n) is 7.08. The van der Waals surface area contributed by atoms with Crippen molar-refractivity contribution in [2.75, 3.05) is 23.3 Å². The Balaban J connectivity index is 0.00000341. The van der Waals surface area contributed by atoms with E-state index in [2.05, 4.69) is 61.6 Å². The summed E-state index contributed by atoms with van der Waals surface area (Å²) in [6.45, 7) is 4.70. The van der Waals surface area contributed by atoms with Crippen LogP contribution in [0.5, 0.6) is 0 Å². The van der Waals surface area contributed by atoms with Crippen LogP contribution in [0.1, 0.15) is 16.7 Å². The molecule has 164 valence electrons. The topological polar surface area (TPSA) is 61.8 Å². The van der Waals surface area contributed by atoms with Gasteiger partial charge in [0.15, 0.2) is 6.61 Å². The smallest absolute Gasteiger partial charge is 0.331 e. The highest BCUT2D eigenvalue weighted by Gasteiger charge is 2.06. The third-order valence-electron chi connectivity index (χ3n) is 4.92. The molecule has 7 heteroatoms. The molecule has 0 amide bonds. The zero-order chi connectivity index (χ0) is 21.5. The Morgan fingerprint density at radius 3 is 2.48 bits per heavy atom. The van der Waals surface area contributed by atoms with Crippen LogP contribution in [-0.4, -0.2) is 24.7 Å². The van der Waals surface area contributed by atoms with Crippen LogP contribution in [0.3, 0.4) is 0 Å². The van der Waals surface area contributed by atoms with E-state index < -0.39 is 5.97 Å². The summed E-state index contributed by atoms with van der Waals surface area (Å²) in [6, 6.07) is 22.9. The molecule has 5 nitrogen and oxygen atoms in total. The predicted molar refractivity (Wildman–Crippen MR) is 135 cm³/mol. The van der Waals surface area contributed by atoms with Gasteiger partial charge in [0, 0.05) is 25.0 Å². The number of carboxylic acid groups (broad SMARTS) is 1. The van der Waals surface area contributed by atoms with E-state index in [0.29, 0.717) is 0 Å². The normalized spacial score (nSPS) is 10.3. The van der Waals surface area contributed by atoms with E-state index >= 15 is 0 Å². The van der Waals surface area contributed by atoms with Gasteiger partial charge in [-0.3, -0.25) is 8.49 Å². The number of nitrogens with zero attached hydrogens (tertiary/aromatic N) is 1. The summed E-state index contributed by atoms with van der Waals surface area (Å²) in [4.78, 5) is 10.5. The van der Waals surface area contributed by atoms with Gasteiger partial charge in [0.25, 0.3) is 0 Å². The number of carbonyl (C=O) groups is 1. The highest BCUT2D eigenvalue weighted by atomic mass is 32.2. The second kappa shape index (κ2) is 11.7. The van der Waals surface area contributed by atoms with Crippen molar-refractivity contribution in [1.82, 2.24) is 0 Å². The molecule has 0 fully saturated rings. The molecule has 0 aliphatic heterocycles. The van der Waals surface area contributed by atoms with Crippen molar-refractivity contribution < 1.29 is 14.1 Å². The lowest BCUT2D eigenvalue weighted by Gasteiger charge is -2.17. The highest BCUT2D eigenvalue weighted by molar-refractivity contribution is 7.96. The Morgan fingerprint density at radius 1 is 1.06 bits per heavy atom. The van der Waals surface area contributed by atoms with Gasteiger partial charge in [-0.15, -0.1) is 0 Å². The molecule has 0 saturated carbocycles. The van der Waals surface area contributed by atoms with Crippen molar-refractivity contribution in [3.05, 3.63) is 83.4 Å². The first-order valence-corrected chi connectivity index (χ1v) is 10.4. The van der Waals surface area contributed by atoms with E-state index in [1.54, 1.807) is 4.31 Å². The number of hydrogen-bond acceptors (Lipinski definition) is 5. The first kappa shape index (κ1) is 24.7. The van der Waals surface area contributed by atoms with E-state index in [4.69, 9.17) is 9.29 Å². The van der Waals surface area contributed by atoms with Gasteiger partial charge in [-0.2, -0.15) is 13.5 Å². The fourth-order valence-electron chi connectivity index (χ4n) is 3.10. The number of nitrogens with one attached hydrogen (secondary N) is 1. The van der Waals surface area contributed by atoms with Crippen LogP contribution in [0, 0.1) is 13.8 Å². The SMILES string of the molecule is Cc1cccc(-c2cccc(CNc3ccc(N(C)SOCC(=O)O)cc3)c2)c1C.S. The van der Waals surface area contributed by atoms with Crippen LogP contribution < -0.4 is 9.62 Å². The van der Waals surface area contributed by atoms with Gasteiger partial charge in [-0.25, -0.2) is 4.79 Å². The van der Waals surface area contributed by atoms with Crippen molar-refractivity contribution in [3.63, 3.8) is 0 Å². The molecule has 3 aromatic carbocycles. The Hall–Kier alpha value is -2.61. The third kappa shape index (κ3) is 6.95. The fourth-order valence-corrected chi connectivity index (χ4v) is 3.62. The molecule has 0 bridgehead atoms. The maximum absolute atomic E-state index is 10.5. The van der Waals surface area contributed by atoms with Crippen molar-refractivity contribution in [1.29, 1.82) is 0 Å². The first-order valence-electron chi connectivity index (χ1n) is 9.68. The van der Waals surface area contributed by atoms with Gasteiger partial charge in [0.2, 0.25) is 0 Å². The first-order chi connectivity index (χ1) is 14.4. The van der Waals surface area contributed by atoms with Crippen molar-refractivity contribution in [3.8, 4) is 11.1 Å². The van der Waals surface area contributed by atoms with Crippen LogP contribution in [0.25, 0.3) is 11.1 Å². The molecule has 0 heterocycles. The van der Waals surface area contributed by atoms with E-state index in [9.17, 15) is 4.79 Å². The maximum Gasteiger partial charge on any atom is 0.331 e. The minimum absolute atomic E-state index is 0. The minimum Gasteiger partial charge on any atom is -0.479 e. The molecule has 2 N–H and O–H groups in total. The van der Waals surface area contributed by atoms with Gasteiger partial charge >= 0.3 is 5.97 Å². The molecular formula is C24H28N2O3S2. The third-order valence-corrected chi connectivity index (χ3v) is 5.57. The largest absolute Gasteiger partial charge is 0.479 e. The number of hydrogen-bond donors (Lipinski definition) is 2. The predicted octanol–water partition coefficient (Wildman–Crippen LogP) is 5.80. The van der Waals surface area contributed by atoms with Crippen LogP contribution in [0.2, 0.25) is 0 Å². The second-order valence-corrected chi connectivity index (χ2v) is 8.01. The number of rotatable bonds is 9. The summed E-state index contributed by atoms with van der Waals surface area (Å²) < 4.78 is 6.82. The van der Waals surface area contributed by atoms with Crippen molar-refractivity contribution in [2.45, 2.75) is 20.4 Å². The van der Waals surface area contributed by atoms with Gasteiger partial charge < -0.3 is 10.4 Å². The average Bonchev–Trinajstić information content (AvgIpc) is 2.74. The fraction of sp³-hybridized carbons (Fsp3) is 0.208. The standard InChI is InChI=1S/C24H26N2O3S.H2S/c1-17-6-4-9-23(18(17)2)20-8-5-7-19(14-20)15-25-21-10-12-22(13-11-21)26(3)30-29-16-24(27)28;/h4-14,25H,15-16H2,1-3H3,(H,27,28);1H2. The summed E-state index contributed by atoms with van der Waals surface area (Å²) >= 11 is 1.01. The molecule has 0 saturated heterocycles. The van der Waals surface area contributed by atoms with Gasteiger partial charge in [-0.05, 0) is 72.0 Å². The minimum atomic E-state index is -0.989. The summed E-state index contributed by atoms with van der Waals surface area (Å²) in [5.74, 6) is -0.989. The Labute approximate surface area is 195 Å². The quantitative estimate of drug-likeness (QED) is 0.314. The molecular weight excluding hydrogens is 428 g/mol. The van der Waals surface area contributed by atoms with Crippen LogP contribution in [-0.2, 0) is 15.5 Å². The highest BCUT2D eigenvalue weighted by Crippen LogP contribution is 2.27. The number of benzene rings is 3. The van der Waals surface area contributed by atoms with E-state index in [1.165, 1.54) is 27.8 Å². The molecule has 3 rings (SSSR count). The van der Waals surface area contributed by atoms with E-state index in [1.807, 2.05) is 31.3 Å². The Bertz CT molecular complexity index is 1010. The number of carboxylic acids is 1. The molecule has 0 aliphatic rings. The molecule has 31 heavy (non-hydrogen) atoms. The Kier molecular flexibility index (Phi) is 9.30. The molecule has 0 aliphatic carbocycles. The number of aryl methyl sites for hydroxylation is 1. The summed E-state index contributed by atoms with van der Waals surface area (Å²) in [7, 11) is 1.83. The molecule has 0 spiro atoms. The zero-order valence-electron chi connectivity index (χ0n) is 17.9. The van der Waals surface area contributed by atoms with E-state index in [0.717, 1.165) is 30.1 Å². The van der Waals surface area contributed by atoms with Crippen LogP contribution >= 0.6 is 25.7 Å². The molecule has 3 aromatic rings. The lowest BCUT2D eigenvalue weighted by molar-refractivity contribution is -0.138. The number of aliphatic carboxylic acids is 1. The summed E-state index contributed by atoms with van der Waals surface area (Å²) in [5.41, 5.74) is 8.26. The molecule has 0 radical (unpaired) electrons. The van der Waals surface area contributed by atoms with Crippen molar-refractivity contribution in [2.24, 2.45) is 0 Å². The van der Waals surface area contributed by atoms with Gasteiger partial charge in [0.1, 0.15) is 12.2 Å². The maximum atomic E-state index is 10.5. The van der Waals surface area contributed by atoms with Gasteiger partial charge in [-0.1, -0.05) is 36.4 Å². The zero-order valence-corrected chi connectivity index (χ0v) is 19.7. The summed E-state index contributed by atoms with van der Waals surface area (Å²) in [6.07, 6.45) is 0. The van der Waals surface area contributed by atoms with Crippen molar-refractivity contribution >= 4 is 43.1 Å². The molecule has 0 atom stereocenters. The van der Waals surface area contributed by atoms with Gasteiger partial charge in [0.05, 0.1) is 0 Å². The lowest BCUT2D eigenvalue weighted by atomic mass is 9.96. The monoisotopic (exact) mass is 456 g/mol. The number of anilines is 2. The van der Waals surface area contributed by atoms with Crippen LogP contribution in [0.15, 0.2) is 66.7 Å². The Morgan fingerprint density at radius 2 is 1.77 bits per heavy atom. The van der Waals surface area contributed by atoms with E-state index in [-0.39, 0.29) is 20.1 Å². The van der Waals surface area contributed by atoms with Crippen LogP contribution in [0.4, 0.5) is 11.4 Å². The lowest BCUT2D eigenvalue weighted by Crippen LogP contribution is -2.11. The molecule has 0 unspecified atom stereocenters. The average molecular weight is 457 g/mol. The summed E-state index contributed by atoms with van der Waals surface area (Å²) in [5, 5.41) is 12.1. The molecule has 0 aromatic heterocycles.